The molecule has 0 bridgehead atoms. The van der Waals surface area contributed by atoms with Crippen molar-refractivity contribution in [1.82, 2.24) is 0 Å². The molecule has 0 aromatic rings. The van der Waals surface area contributed by atoms with Gasteiger partial charge in [0.05, 0.1) is 6.61 Å². The molecule has 0 fully saturated rings. The summed E-state index contributed by atoms with van der Waals surface area (Å²) in [6, 6.07) is 0. The van der Waals surface area contributed by atoms with Crippen LogP contribution in [0.2, 0.25) is 0 Å². The second-order valence-electron chi connectivity index (χ2n) is 0.948. The summed E-state index contributed by atoms with van der Waals surface area (Å²) in [5.41, 5.74) is 4.47. The Morgan fingerprint density at radius 3 is 2.75 bits per heavy atom. The minimum Gasteiger partial charge on any atom is -0.394 e. The minimum absolute atomic E-state index is 0.0526. The molecular weight excluding hydrogens is 114 g/mol. The second kappa shape index (κ2) is 4.35. The van der Waals surface area contributed by atoms with Gasteiger partial charge >= 0.3 is 6.09 Å². The predicted molar refractivity (Wildman–Crippen MR) is 23.7 cm³/mol. The van der Waals surface area contributed by atoms with Gasteiger partial charge in [-0.1, -0.05) is 0 Å². The van der Waals surface area contributed by atoms with Crippen LogP contribution in [0.1, 0.15) is 0 Å². The molecule has 0 aromatic heterocycles. The predicted octanol–water partition coefficient (Wildman–Crippen LogP) is -0.994. The lowest BCUT2D eigenvalue weighted by atomic mass is 10.8. The minimum atomic E-state index is -1.02. The number of hydrogen-bond acceptors (Lipinski definition) is 4. The molecule has 1 amide bonds. The molecule has 0 aliphatic heterocycles. The van der Waals surface area contributed by atoms with Gasteiger partial charge in [-0.15, -0.1) is 0 Å². The summed E-state index contributed by atoms with van der Waals surface area (Å²) in [4.78, 5) is 17.4. The molecule has 0 spiro atoms. The van der Waals surface area contributed by atoms with Gasteiger partial charge in [-0.2, -0.15) is 4.89 Å². The van der Waals surface area contributed by atoms with Crippen LogP contribution in [-0.2, 0) is 9.78 Å². The molecule has 8 heavy (non-hydrogen) atoms. The highest BCUT2D eigenvalue weighted by atomic mass is 17.2. The Hall–Kier alpha value is -0.810. The van der Waals surface area contributed by atoms with Crippen LogP contribution in [0, 0.1) is 0 Å². The third-order valence-electron chi connectivity index (χ3n) is 0.316. The van der Waals surface area contributed by atoms with Gasteiger partial charge in [-0.3, -0.25) is 4.89 Å². The fourth-order valence-electron chi connectivity index (χ4n) is 0.137. The molecular formula is C3H7NO4. The summed E-state index contributed by atoms with van der Waals surface area (Å²) in [6.07, 6.45) is -1.02. The van der Waals surface area contributed by atoms with Crippen molar-refractivity contribution in [1.29, 1.82) is 0 Å². The highest BCUT2D eigenvalue weighted by Gasteiger charge is 1.90. The molecule has 0 saturated carbocycles. The topological polar surface area (TPSA) is 81.8 Å². The number of nitrogens with two attached hydrogens (primary N) is 1. The highest BCUT2D eigenvalue weighted by Crippen LogP contribution is 1.74. The Morgan fingerprint density at radius 1 is 1.75 bits per heavy atom. The van der Waals surface area contributed by atoms with E-state index in [4.69, 9.17) is 5.11 Å². The van der Waals surface area contributed by atoms with Crippen LogP contribution in [0.5, 0.6) is 0 Å². The van der Waals surface area contributed by atoms with Crippen molar-refractivity contribution in [2.45, 2.75) is 0 Å². The van der Waals surface area contributed by atoms with Crippen molar-refractivity contribution < 1.29 is 19.7 Å². The summed E-state index contributed by atoms with van der Waals surface area (Å²) in [5.74, 6) is 0. The number of carbonyl (C=O) groups is 1. The molecule has 0 aromatic carbocycles. The number of aliphatic hydroxyl groups excluding tert-OH is 1. The van der Waals surface area contributed by atoms with Crippen molar-refractivity contribution in [3.63, 3.8) is 0 Å². The van der Waals surface area contributed by atoms with E-state index in [1.54, 1.807) is 0 Å². The summed E-state index contributed by atoms with van der Waals surface area (Å²) >= 11 is 0. The van der Waals surface area contributed by atoms with Crippen LogP contribution in [0.3, 0.4) is 0 Å². The van der Waals surface area contributed by atoms with E-state index in [0.29, 0.717) is 0 Å². The van der Waals surface area contributed by atoms with Crippen LogP contribution >= 0.6 is 0 Å². The molecule has 5 heteroatoms. The van der Waals surface area contributed by atoms with Crippen molar-refractivity contribution in [3.05, 3.63) is 0 Å². The zero-order valence-electron chi connectivity index (χ0n) is 4.16. The third-order valence-corrected chi connectivity index (χ3v) is 0.316. The van der Waals surface area contributed by atoms with Gasteiger partial charge in [0.25, 0.3) is 0 Å². The van der Waals surface area contributed by atoms with Gasteiger partial charge in [0.1, 0.15) is 6.61 Å². The third kappa shape index (κ3) is 5.19. The summed E-state index contributed by atoms with van der Waals surface area (Å²) in [6.45, 7) is -0.254. The Kier molecular flexibility index (Phi) is 3.91. The maximum Gasteiger partial charge on any atom is 0.436 e. The average molecular weight is 121 g/mol. The largest absolute Gasteiger partial charge is 0.436 e. The summed E-state index contributed by atoms with van der Waals surface area (Å²) < 4.78 is 0. The number of aliphatic hydroxyl groups is 1. The van der Waals surface area contributed by atoms with Gasteiger partial charge < -0.3 is 10.8 Å². The van der Waals surface area contributed by atoms with Gasteiger partial charge in [0.15, 0.2) is 0 Å². The first-order valence-corrected chi connectivity index (χ1v) is 1.97. The quantitative estimate of drug-likeness (QED) is 0.285. The van der Waals surface area contributed by atoms with E-state index in [1.807, 2.05) is 0 Å². The van der Waals surface area contributed by atoms with Gasteiger partial charge in [0.2, 0.25) is 0 Å². The molecule has 48 valence electrons. The number of primary amides is 1. The van der Waals surface area contributed by atoms with Crippen LogP contribution in [0.15, 0.2) is 0 Å². The van der Waals surface area contributed by atoms with Crippen molar-refractivity contribution in [3.8, 4) is 0 Å². The lowest BCUT2D eigenvalue weighted by Gasteiger charge is -1.94. The monoisotopic (exact) mass is 121 g/mol. The SMILES string of the molecule is NC(=O)OOCCO. The molecule has 0 unspecified atom stereocenters. The standard InChI is InChI=1S/C3H7NO4/c4-3(6)8-7-2-1-5/h5H,1-2H2,(H2,4,6). The Morgan fingerprint density at radius 2 is 2.38 bits per heavy atom. The van der Waals surface area contributed by atoms with E-state index < -0.39 is 6.09 Å². The van der Waals surface area contributed by atoms with E-state index >= 15 is 0 Å². The maximum absolute atomic E-state index is 9.67. The molecule has 0 saturated heterocycles. The Bertz CT molecular complexity index is 73.7. The first-order valence-electron chi connectivity index (χ1n) is 1.97. The van der Waals surface area contributed by atoms with Crippen LogP contribution in [0.25, 0.3) is 0 Å². The molecule has 0 aliphatic rings. The average Bonchev–Trinajstić information content (AvgIpc) is 1.66. The van der Waals surface area contributed by atoms with Crippen LogP contribution < -0.4 is 5.73 Å². The van der Waals surface area contributed by atoms with E-state index in [9.17, 15) is 4.79 Å². The lowest BCUT2D eigenvalue weighted by Crippen LogP contribution is -2.14. The van der Waals surface area contributed by atoms with E-state index in [1.165, 1.54) is 0 Å². The van der Waals surface area contributed by atoms with Crippen LogP contribution in [-0.4, -0.2) is 24.4 Å². The maximum atomic E-state index is 9.67. The molecule has 0 atom stereocenters. The van der Waals surface area contributed by atoms with Crippen molar-refractivity contribution in [2.75, 3.05) is 13.2 Å². The van der Waals surface area contributed by atoms with Gasteiger partial charge in [-0.05, 0) is 0 Å². The van der Waals surface area contributed by atoms with Crippen molar-refractivity contribution in [2.24, 2.45) is 5.73 Å². The number of hydrogen-bond donors (Lipinski definition) is 2. The zero-order chi connectivity index (χ0) is 6.41. The number of rotatable bonds is 3. The molecule has 0 rings (SSSR count). The number of amides is 1. The normalized spacial score (nSPS) is 8.62. The zero-order valence-corrected chi connectivity index (χ0v) is 4.16. The van der Waals surface area contributed by atoms with E-state index in [-0.39, 0.29) is 13.2 Å². The molecule has 0 aliphatic carbocycles. The first kappa shape index (κ1) is 7.19. The molecule has 5 nitrogen and oxygen atoms in total. The molecule has 0 radical (unpaired) electrons. The van der Waals surface area contributed by atoms with Crippen molar-refractivity contribution >= 4 is 6.09 Å². The Balaban J connectivity index is 2.82. The fourth-order valence-corrected chi connectivity index (χ4v) is 0.137. The highest BCUT2D eigenvalue weighted by molar-refractivity contribution is 5.63. The summed E-state index contributed by atoms with van der Waals surface area (Å²) in [5, 5.41) is 8.02. The molecule has 3 N–H and O–H groups in total. The van der Waals surface area contributed by atoms with E-state index in [0.717, 1.165) is 0 Å². The van der Waals surface area contributed by atoms with E-state index in [2.05, 4.69) is 15.5 Å². The molecule has 0 heterocycles. The van der Waals surface area contributed by atoms with Gasteiger partial charge in [-0.25, -0.2) is 4.79 Å². The van der Waals surface area contributed by atoms with Crippen LogP contribution in [0.4, 0.5) is 4.79 Å². The summed E-state index contributed by atoms with van der Waals surface area (Å²) in [7, 11) is 0. The second-order valence-corrected chi connectivity index (χ2v) is 0.948. The Labute approximate surface area is 45.9 Å². The fraction of sp³-hybridized carbons (Fsp3) is 0.667. The lowest BCUT2D eigenvalue weighted by molar-refractivity contribution is -0.240. The smallest absolute Gasteiger partial charge is 0.394 e. The first-order chi connectivity index (χ1) is 3.77. The number of carbonyl (C=O) groups excluding carboxylic acids is 1. The van der Waals surface area contributed by atoms with Gasteiger partial charge in [0, 0.05) is 0 Å².